The molecule has 0 aliphatic carbocycles. The fraction of sp³-hybridized carbons (Fsp3) is 0.571. The normalized spacial score (nSPS) is 12.2. The second kappa shape index (κ2) is 6.26. The van der Waals surface area contributed by atoms with Crippen molar-refractivity contribution in [3.05, 3.63) is 28.2 Å². The SMILES string of the molecule is CC(C)Sc1ccc(CNC(C)(C)C)c(Br)c1. The van der Waals surface area contributed by atoms with Crippen molar-refractivity contribution in [2.45, 2.75) is 56.8 Å². The van der Waals surface area contributed by atoms with Crippen LogP contribution in [0.25, 0.3) is 0 Å². The molecule has 1 rings (SSSR count). The van der Waals surface area contributed by atoms with Crippen molar-refractivity contribution >= 4 is 27.7 Å². The highest BCUT2D eigenvalue weighted by molar-refractivity contribution is 9.10. The molecule has 0 bridgehead atoms. The highest BCUT2D eigenvalue weighted by atomic mass is 79.9. The molecule has 0 atom stereocenters. The lowest BCUT2D eigenvalue weighted by molar-refractivity contribution is 0.424. The minimum Gasteiger partial charge on any atom is -0.308 e. The summed E-state index contributed by atoms with van der Waals surface area (Å²) >= 11 is 5.55. The zero-order valence-electron chi connectivity index (χ0n) is 11.3. The molecule has 0 spiro atoms. The first kappa shape index (κ1) is 15.1. The summed E-state index contributed by atoms with van der Waals surface area (Å²) in [5, 5.41) is 4.13. The quantitative estimate of drug-likeness (QED) is 0.798. The Bertz CT molecular complexity index is 369. The van der Waals surface area contributed by atoms with Crippen LogP contribution in [0, 0.1) is 0 Å². The number of benzene rings is 1. The largest absolute Gasteiger partial charge is 0.308 e. The Morgan fingerprint density at radius 1 is 1.29 bits per heavy atom. The van der Waals surface area contributed by atoms with Gasteiger partial charge in [0.05, 0.1) is 0 Å². The number of thioether (sulfide) groups is 1. The zero-order valence-corrected chi connectivity index (χ0v) is 13.7. The molecule has 0 amide bonds. The first-order valence-corrected chi connectivity index (χ1v) is 7.65. The van der Waals surface area contributed by atoms with E-state index in [1.54, 1.807) is 0 Å². The fourth-order valence-corrected chi connectivity index (χ4v) is 2.92. The van der Waals surface area contributed by atoms with Gasteiger partial charge in [-0.15, -0.1) is 11.8 Å². The maximum atomic E-state index is 3.65. The lowest BCUT2D eigenvalue weighted by Gasteiger charge is -2.21. The molecule has 3 heteroatoms. The molecule has 96 valence electrons. The third kappa shape index (κ3) is 5.94. The minimum atomic E-state index is 0.158. The maximum Gasteiger partial charge on any atom is 0.0231 e. The van der Waals surface area contributed by atoms with Gasteiger partial charge in [0.25, 0.3) is 0 Å². The number of halogens is 1. The summed E-state index contributed by atoms with van der Waals surface area (Å²) in [6.07, 6.45) is 0. The predicted octanol–water partition coefficient (Wildman–Crippen LogP) is 4.84. The second-order valence-electron chi connectivity index (χ2n) is 5.52. The van der Waals surface area contributed by atoms with Gasteiger partial charge in [-0.1, -0.05) is 35.8 Å². The van der Waals surface area contributed by atoms with Gasteiger partial charge in [-0.3, -0.25) is 0 Å². The van der Waals surface area contributed by atoms with Gasteiger partial charge in [0.15, 0.2) is 0 Å². The van der Waals surface area contributed by atoms with E-state index in [1.807, 2.05) is 11.8 Å². The lowest BCUT2D eigenvalue weighted by Crippen LogP contribution is -2.35. The number of nitrogens with one attached hydrogen (secondary N) is 1. The van der Waals surface area contributed by atoms with Crippen molar-refractivity contribution < 1.29 is 0 Å². The van der Waals surface area contributed by atoms with E-state index in [0.29, 0.717) is 5.25 Å². The molecule has 0 fully saturated rings. The van der Waals surface area contributed by atoms with Crippen LogP contribution in [0.1, 0.15) is 40.2 Å². The van der Waals surface area contributed by atoms with E-state index in [1.165, 1.54) is 14.9 Å². The van der Waals surface area contributed by atoms with Crippen LogP contribution in [0.2, 0.25) is 0 Å². The van der Waals surface area contributed by atoms with Gasteiger partial charge in [-0.05, 0) is 38.5 Å². The summed E-state index contributed by atoms with van der Waals surface area (Å²) in [4.78, 5) is 1.33. The van der Waals surface area contributed by atoms with Gasteiger partial charge in [0, 0.05) is 26.7 Å². The highest BCUT2D eigenvalue weighted by Gasteiger charge is 2.10. The summed E-state index contributed by atoms with van der Waals surface area (Å²) in [6, 6.07) is 6.62. The third-order valence-electron chi connectivity index (χ3n) is 2.21. The van der Waals surface area contributed by atoms with Gasteiger partial charge < -0.3 is 5.32 Å². The lowest BCUT2D eigenvalue weighted by atomic mass is 10.1. The molecule has 0 saturated heterocycles. The average Bonchev–Trinajstić information content (AvgIpc) is 2.13. The molecule has 0 heterocycles. The molecule has 1 N–H and O–H groups in total. The zero-order chi connectivity index (χ0) is 13.1. The van der Waals surface area contributed by atoms with Crippen molar-refractivity contribution in [3.63, 3.8) is 0 Å². The Morgan fingerprint density at radius 2 is 1.94 bits per heavy atom. The van der Waals surface area contributed by atoms with Crippen LogP contribution in [-0.4, -0.2) is 10.8 Å². The van der Waals surface area contributed by atoms with Gasteiger partial charge in [-0.25, -0.2) is 0 Å². The van der Waals surface area contributed by atoms with E-state index in [2.05, 4.69) is 74.1 Å². The topological polar surface area (TPSA) is 12.0 Å². The minimum absolute atomic E-state index is 0.158. The standard InChI is InChI=1S/C14H22BrNS/c1-10(2)17-12-7-6-11(13(15)8-12)9-16-14(3,4)5/h6-8,10,16H,9H2,1-5H3. The molecule has 0 unspecified atom stereocenters. The molecule has 1 aromatic rings. The van der Waals surface area contributed by atoms with Crippen LogP contribution in [-0.2, 0) is 6.54 Å². The van der Waals surface area contributed by atoms with E-state index >= 15 is 0 Å². The molecule has 1 aromatic carbocycles. The Labute approximate surface area is 118 Å². The first-order chi connectivity index (χ1) is 7.78. The molecule has 0 aromatic heterocycles. The Morgan fingerprint density at radius 3 is 2.41 bits per heavy atom. The van der Waals surface area contributed by atoms with Gasteiger partial charge in [0.2, 0.25) is 0 Å². The van der Waals surface area contributed by atoms with Crippen LogP contribution in [0.4, 0.5) is 0 Å². The molecule has 0 aliphatic rings. The molecule has 17 heavy (non-hydrogen) atoms. The van der Waals surface area contributed by atoms with Crippen molar-refractivity contribution in [1.29, 1.82) is 0 Å². The first-order valence-electron chi connectivity index (χ1n) is 5.98. The monoisotopic (exact) mass is 315 g/mol. The van der Waals surface area contributed by atoms with Crippen molar-refractivity contribution in [2.75, 3.05) is 0 Å². The number of hydrogen-bond acceptors (Lipinski definition) is 2. The smallest absolute Gasteiger partial charge is 0.0231 e. The molecular weight excluding hydrogens is 294 g/mol. The number of hydrogen-bond donors (Lipinski definition) is 1. The van der Waals surface area contributed by atoms with E-state index in [0.717, 1.165) is 6.54 Å². The van der Waals surface area contributed by atoms with Gasteiger partial charge in [-0.2, -0.15) is 0 Å². The van der Waals surface area contributed by atoms with E-state index < -0.39 is 0 Å². The van der Waals surface area contributed by atoms with Gasteiger partial charge >= 0.3 is 0 Å². The molecule has 0 radical (unpaired) electrons. The van der Waals surface area contributed by atoms with Crippen LogP contribution >= 0.6 is 27.7 Å². The van der Waals surface area contributed by atoms with Crippen molar-refractivity contribution in [3.8, 4) is 0 Å². The Kier molecular flexibility index (Phi) is 5.55. The predicted molar refractivity (Wildman–Crippen MR) is 81.7 cm³/mol. The van der Waals surface area contributed by atoms with Crippen LogP contribution in [0.5, 0.6) is 0 Å². The maximum absolute atomic E-state index is 3.65. The molecule has 0 aliphatic heterocycles. The average molecular weight is 316 g/mol. The third-order valence-corrected chi connectivity index (χ3v) is 3.94. The highest BCUT2D eigenvalue weighted by Crippen LogP contribution is 2.28. The summed E-state index contributed by atoms with van der Waals surface area (Å²) in [7, 11) is 0. The van der Waals surface area contributed by atoms with Crippen LogP contribution in [0.15, 0.2) is 27.6 Å². The second-order valence-corrected chi connectivity index (χ2v) is 8.03. The summed E-state index contributed by atoms with van der Waals surface area (Å²) in [5.74, 6) is 0. The molecule has 0 saturated carbocycles. The van der Waals surface area contributed by atoms with E-state index in [4.69, 9.17) is 0 Å². The van der Waals surface area contributed by atoms with E-state index in [-0.39, 0.29) is 5.54 Å². The fourth-order valence-electron chi connectivity index (χ4n) is 1.38. The number of rotatable bonds is 4. The summed E-state index contributed by atoms with van der Waals surface area (Å²) in [6.45, 7) is 11.9. The van der Waals surface area contributed by atoms with Crippen molar-refractivity contribution in [1.82, 2.24) is 5.32 Å². The Hall–Kier alpha value is 0.01000. The van der Waals surface area contributed by atoms with Gasteiger partial charge in [0.1, 0.15) is 0 Å². The summed E-state index contributed by atoms with van der Waals surface area (Å²) < 4.78 is 1.19. The molecular formula is C14H22BrNS. The van der Waals surface area contributed by atoms with Crippen LogP contribution in [0.3, 0.4) is 0 Å². The van der Waals surface area contributed by atoms with E-state index in [9.17, 15) is 0 Å². The van der Waals surface area contributed by atoms with Crippen molar-refractivity contribution in [2.24, 2.45) is 0 Å². The molecule has 1 nitrogen and oxygen atoms in total. The van der Waals surface area contributed by atoms with Crippen LogP contribution < -0.4 is 5.32 Å². The summed E-state index contributed by atoms with van der Waals surface area (Å²) in [5.41, 5.74) is 1.47. The Balaban J connectivity index is 2.69.